The summed E-state index contributed by atoms with van der Waals surface area (Å²) in [5, 5.41) is 0.678. The van der Waals surface area contributed by atoms with E-state index >= 15 is 0 Å². The lowest BCUT2D eigenvalue weighted by Gasteiger charge is -2.23. The lowest BCUT2D eigenvalue weighted by atomic mass is 10.1. The minimum atomic E-state index is -3.29. The van der Waals surface area contributed by atoms with Crippen molar-refractivity contribution in [1.29, 1.82) is 0 Å². The third-order valence-corrected chi connectivity index (χ3v) is 6.53. The van der Waals surface area contributed by atoms with Gasteiger partial charge in [0.15, 0.2) is 0 Å². The maximum Gasteiger partial charge on any atom is 0.254 e. The number of carbonyl (C=O) groups excluding carboxylic acids is 1. The van der Waals surface area contributed by atoms with Gasteiger partial charge in [0.05, 0.1) is 11.9 Å². The Labute approximate surface area is 164 Å². The monoisotopic (exact) mass is 404 g/mol. The standard InChI is InChI=1S/C20H21ClN2O3S/c1-27(25,26)23-11-10-15-12-16(4-9-19(15)23)20(24)22(18-7-8-18)13-14-2-5-17(21)6-3-14/h2-6,9,12,18H,7-8,10-11,13H2,1H3. The molecule has 5 nitrogen and oxygen atoms in total. The van der Waals surface area contributed by atoms with Crippen LogP contribution >= 0.6 is 11.6 Å². The molecule has 27 heavy (non-hydrogen) atoms. The van der Waals surface area contributed by atoms with E-state index in [1.165, 1.54) is 10.6 Å². The summed E-state index contributed by atoms with van der Waals surface area (Å²) >= 11 is 5.95. The van der Waals surface area contributed by atoms with E-state index in [1.54, 1.807) is 12.1 Å². The van der Waals surface area contributed by atoms with Crippen LogP contribution in [-0.4, -0.2) is 38.1 Å². The number of fused-ring (bicyclic) bond motifs is 1. The number of hydrogen-bond acceptors (Lipinski definition) is 3. The van der Waals surface area contributed by atoms with E-state index < -0.39 is 10.0 Å². The van der Waals surface area contributed by atoms with E-state index in [2.05, 4.69) is 0 Å². The predicted molar refractivity (Wildman–Crippen MR) is 107 cm³/mol. The van der Waals surface area contributed by atoms with E-state index in [0.29, 0.717) is 35.8 Å². The molecule has 1 heterocycles. The molecule has 1 aliphatic heterocycles. The smallest absolute Gasteiger partial charge is 0.254 e. The van der Waals surface area contributed by atoms with Crippen LogP contribution in [0.3, 0.4) is 0 Å². The summed E-state index contributed by atoms with van der Waals surface area (Å²) in [5.41, 5.74) is 3.26. The SMILES string of the molecule is CS(=O)(=O)N1CCc2cc(C(=O)N(Cc3ccc(Cl)cc3)C3CC3)ccc21. The molecule has 4 rings (SSSR count). The Morgan fingerprint density at radius 3 is 2.52 bits per heavy atom. The van der Waals surface area contributed by atoms with Crippen molar-refractivity contribution < 1.29 is 13.2 Å². The number of amides is 1. The molecule has 1 aliphatic carbocycles. The molecule has 0 N–H and O–H groups in total. The lowest BCUT2D eigenvalue weighted by molar-refractivity contribution is 0.0730. The molecule has 1 saturated carbocycles. The Morgan fingerprint density at radius 1 is 1.19 bits per heavy atom. The number of nitrogens with zero attached hydrogens (tertiary/aromatic N) is 2. The predicted octanol–water partition coefficient (Wildman–Crippen LogP) is 3.47. The topological polar surface area (TPSA) is 57.7 Å². The summed E-state index contributed by atoms with van der Waals surface area (Å²) in [5.74, 6) is -0.00643. The summed E-state index contributed by atoms with van der Waals surface area (Å²) in [7, 11) is -3.29. The van der Waals surface area contributed by atoms with Crippen molar-refractivity contribution in [3.8, 4) is 0 Å². The molecule has 0 spiro atoms. The summed E-state index contributed by atoms with van der Waals surface area (Å²) in [6.07, 6.45) is 3.88. The number of rotatable bonds is 5. The van der Waals surface area contributed by atoms with Gasteiger partial charge in [-0.2, -0.15) is 0 Å². The number of halogens is 1. The van der Waals surface area contributed by atoms with Crippen LogP contribution in [0.2, 0.25) is 5.02 Å². The zero-order chi connectivity index (χ0) is 19.2. The van der Waals surface area contributed by atoms with Gasteiger partial charge in [-0.3, -0.25) is 9.10 Å². The Kier molecular flexibility index (Phi) is 4.64. The third-order valence-electron chi connectivity index (χ3n) is 5.09. The number of sulfonamides is 1. The number of carbonyl (C=O) groups is 1. The highest BCUT2D eigenvalue weighted by molar-refractivity contribution is 7.92. The van der Waals surface area contributed by atoms with Gasteiger partial charge in [0.2, 0.25) is 10.0 Å². The van der Waals surface area contributed by atoms with Crippen molar-refractivity contribution in [1.82, 2.24) is 4.90 Å². The van der Waals surface area contributed by atoms with Gasteiger partial charge in [-0.1, -0.05) is 23.7 Å². The largest absolute Gasteiger partial charge is 0.331 e. The van der Waals surface area contributed by atoms with Crippen molar-refractivity contribution in [3.63, 3.8) is 0 Å². The van der Waals surface area contributed by atoms with Crippen LogP contribution in [0.15, 0.2) is 42.5 Å². The van der Waals surface area contributed by atoms with Crippen molar-refractivity contribution in [2.75, 3.05) is 17.1 Å². The van der Waals surface area contributed by atoms with Crippen LogP contribution < -0.4 is 4.31 Å². The first-order chi connectivity index (χ1) is 12.8. The molecule has 2 aliphatic rings. The molecule has 0 aromatic heterocycles. The van der Waals surface area contributed by atoms with Crippen LogP contribution in [0.4, 0.5) is 5.69 Å². The molecule has 1 amide bonds. The third kappa shape index (κ3) is 3.82. The van der Waals surface area contributed by atoms with E-state index in [0.717, 1.165) is 24.0 Å². The Morgan fingerprint density at radius 2 is 1.89 bits per heavy atom. The molecule has 7 heteroatoms. The summed E-state index contributed by atoms with van der Waals surface area (Å²) < 4.78 is 25.2. The van der Waals surface area contributed by atoms with Crippen LogP contribution in [-0.2, 0) is 23.0 Å². The average Bonchev–Trinajstić information content (AvgIpc) is 3.37. The Balaban J connectivity index is 1.58. The van der Waals surface area contributed by atoms with Gasteiger partial charge in [-0.15, -0.1) is 0 Å². The maximum atomic E-state index is 13.1. The molecule has 0 bridgehead atoms. The minimum Gasteiger partial charge on any atom is -0.331 e. The normalized spacial score (nSPS) is 16.3. The summed E-state index contributed by atoms with van der Waals surface area (Å²) in [4.78, 5) is 15.1. The van der Waals surface area contributed by atoms with Crippen LogP contribution in [0, 0.1) is 0 Å². The molecule has 142 valence electrons. The molecule has 1 fully saturated rings. The second kappa shape index (κ2) is 6.84. The fraction of sp³-hybridized carbons (Fsp3) is 0.350. The molecule has 2 aromatic rings. The highest BCUT2D eigenvalue weighted by atomic mass is 35.5. The van der Waals surface area contributed by atoms with E-state index in [1.807, 2.05) is 35.2 Å². The molecule has 2 aromatic carbocycles. The highest BCUT2D eigenvalue weighted by Crippen LogP contribution is 2.33. The first-order valence-electron chi connectivity index (χ1n) is 8.99. The van der Waals surface area contributed by atoms with Crippen LogP contribution in [0.1, 0.15) is 34.3 Å². The zero-order valence-corrected chi connectivity index (χ0v) is 16.6. The van der Waals surface area contributed by atoms with Crippen molar-refractivity contribution in [2.45, 2.75) is 31.8 Å². The first-order valence-corrected chi connectivity index (χ1v) is 11.2. The second-order valence-corrected chi connectivity index (χ2v) is 9.56. The highest BCUT2D eigenvalue weighted by Gasteiger charge is 2.34. The summed E-state index contributed by atoms with van der Waals surface area (Å²) in [6.45, 7) is 0.982. The fourth-order valence-corrected chi connectivity index (χ4v) is 4.64. The van der Waals surface area contributed by atoms with Crippen molar-refractivity contribution >= 4 is 33.2 Å². The van der Waals surface area contributed by atoms with Crippen LogP contribution in [0.5, 0.6) is 0 Å². The van der Waals surface area contributed by atoms with Gasteiger partial charge >= 0.3 is 0 Å². The molecule has 0 unspecified atom stereocenters. The number of benzene rings is 2. The molecule has 0 radical (unpaired) electrons. The number of hydrogen-bond donors (Lipinski definition) is 0. The van der Waals surface area contributed by atoms with Gasteiger partial charge in [0.25, 0.3) is 5.91 Å². The van der Waals surface area contributed by atoms with Gasteiger partial charge in [0.1, 0.15) is 0 Å². The van der Waals surface area contributed by atoms with Crippen molar-refractivity contribution in [3.05, 3.63) is 64.2 Å². The second-order valence-electron chi connectivity index (χ2n) is 7.22. The molecular weight excluding hydrogens is 384 g/mol. The van der Waals surface area contributed by atoms with E-state index in [-0.39, 0.29) is 11.9 Å². The van der Waals surface area contributed by atoms with Crippen LogP contribution in [0.25, 0.3) is 0 Å². The first kappa shape index (κ1) is 18.3. The number of anilines is 1. The zero-order valence-electron chi connectivity index (χ0n) is 15.1. The van der Waals surface area contributed by atoms with Gasteiger partial charge in [-0.05, 0) is 60.7 Å². The summed E-state index contributed by atoms with van der Waals surface area (Å²) in [6, 6.07) is 13.2. The Hall–Kier alpha value is -2.05. The lowest BCUT2D eigenvalue weighted by Crippen LogP contribution is -2.32. The van der Waals surface area contributed by atoms with Gasteiger partial charge < -0.3 is 4.90 Å². The van der Waals surface area contributed by atoms with E-state index in [4.69, 9.17) is 11.6 Å². The Bertz CT molecular complexity index is 985. The quantitative estimate of drug-likeness (QED) is 0.766. The maximum absolute atomic E-state index is 13.1. The molecular formula is C20H21ClN2O3S. The fourth-order valence-electron chi connectivity index (χ4n) is 3.55. The van der Waals surface area contributed by atoms with Crippen molar-refractivity contribution in [2.24, 2.45) is 0 Å². The van der Waals surface area contributed by atoms with Gasteiger partial charge in [0, 0.05) is 29.7 Å². The van der Waals surface area contributed by atoms with E-state index in [9.17, 15) is 13.2 Å². The average molecular weight is 405 g/mol. The molecule has 0 atom stereocenters. The minimum absolute atomic E-state index is 0.00643. The molecule has 0 saturated heterocycles. The van der Waals surface area contributed by atoms with Gasteiger partial charge in [-0.25, -0.2) is 8.42 Å².